The predicted molar refractivity (Wildman–Crippen MR) is 100 cm³/mol. The van der Waals surface area contributed by atoms with E-state index in [1.54, 1.807) is 0 Å². The zero-order valence-electron chi connectivity index (χ0n) is 14.9. The maximum absolute atomic E-state index is 14.1. The molecule has 0 bridgehead atoms. The lowest BCUT2D eigenvalue weighted by Gasteiger charge is -2.19. The summed E-state index contributed by atoms with van der Waals surface area (Å²) in [4.78, 5) is 28.1. The second-order valence-electron chi connectivity index (χ2n) is 6.19. The number of benzene rings is 1. The van der Waals surface area contributed by atoms with Crippen molar-refractivity contribution in [3.05, 3.63) is 50.5 Å². The van der Waals surface area contributed by atoms with Crippen LogP contribution in [-0.2, 0) is 4.74 Å². The molecule has 1 amide bonds. The third kappa shape index (κ3) is 4.35. The molecule has 0 aliphatic carbocycles. The molecular weight excluding hydrogens is 435 g/mol. The summed E-state index contributed by atoms with van der Waals surface area (Å²) in [5.41, 5.74) is -0.986. The number of carbonyl (C=O) groups excluding carboxylic acids is 1. The zero-order chi connectivity index (χ0) is 21.3. The Morgan fingerprint density at radius 2 is 2.10 bits per heavy atom. The minimum atomic E-state index is -3.36. The Balaban J connectivity index is 1.81. The summed E-state index contributed by atoms with van der Waals surface area (Å²) in [6.07, 6.45) is -2.69. The number of aliphatic hydroxyl groups is 1. The highest BCUT2D eigenvalue weighted by molar-refractivity contribution is 6.37. The average Bonchev–Trinajstić information content (AvgIpc) is 2.96. The molecule has 1 aromatic heterocycles. The first-order valence-electron chi connectivity index (χ1n) is 8.24. The van der Waals surface area contributed by atoms with Gasteiger partial charge in [0.05, 0.1) is 29.9 Å². The van der Waals surface area contributed by atoms with Crippen molar-refractivity contribution in [1.82, 2.24) is 9.55 Å². The number of methoxy groups -OCH3 is 1. The van der Waals surface area contributed by atoms with Gasteiger partial charge in [0.2, 0.25) is 6.23 Å². The second-order valence-corrected chi connectivity index (χ2v) is 7.00. The van der Waals surface area contributed by atoms with Gasteiger partial charge in [-0.2, -0.15) is 4.98 Å². The van der Waals surface area contributed by atoms with E-state index in [1.807, 2.05) is 0 Å². The van der Waals surface area contributed by atoms with Crippen LogP contribution in [0.2, 0.25) is 10.0 Å². The van der Waals surface area contributed by atoms with Crippen molar-refractivity contribution >= 4 is 34.9 Å². The van der Waals surface area contributed by atoms with Gasteiger partial charge in [0.25, 0.3) is 11.8 Å². The lowest BCUT2D eigenvalue weighted by Crippen LogP contribution is -2.35. The van der Waals surface area contributed by atoms with Crippen LogP contribution in [0.5, 0.6) is 5.75 Å². The van der Waals surface area contributed by atoms with E-state index in [2.05, 4.69) is 10.3 Å². The Morgan fingerprint density at radius 1 is 1.45 bits per heavy atom. The normalized spacial score (nSPS) is 20.5. The monoisotopic (exact) mass is 449 g/mol. The minimum Gasteiger partial charge on any atom is -0.494 e. The van der Waals surface area contributed by atoms with Crippen LogP contribution < -0.4 is 15.7 Å². The number of amides is 1. The number of anilines is 1. The minimum absolute atomic E-state index is 0.0724. The highest BCUT2D eigenvalue weighted by Gasteiger charge is 2.51. The number of nitrogens with one attached hydrogen (secondary N) is 1. The van der Waals surface area contributed by atoms with Crippen molar-refractivity contribution in [2.75, 3.05) is 19.0 Å². The number of halogens is 4. The molecule has 3 rings (SSSR count). The predicted octanol–water partition coefficient (Wildman–Crippen LogP) is 2.73. The van der Waals surface area contributed by atoms with Crippen LogP contribution in [0.25, 0.3) is 0 Å². The molecule has 8 nitrogen and oxygen atoms in total. The molecule has 0 spiro atoms. The number of hydrogen-bond acceptors (Lipinski definition) is 6. The van der Waals surface area contributed by atoms with Gasteiger partial charge in [0.15, 0.2) is 5.75 Å². The standard InChI is InChI=1S/C17H15Cl2F2N3O5/c1-28-13-10(18)4-8(5-11(13)19)14(26)22-12-2-3-24(16(27)23-12)15-17(20,21)6-9(7-25)29-15/h2-5,9,15,25H,6-7H2,1H3,(H,22,23,26,27). The molecule has 2 N–H and O–H groups in total. The number of hydrogen-bond donors (Lipinski definition) is 2. The molecule has 0 saturated carbocycles. The van der Waals surface area contributed by atoms with E-state index < -0.39 is 42.9 Å². The number of alkyl halides is 2. The topological polar surface area (TPSA) is 103 Å². The molecule has 1 fully saturated rings. The Morgan fingerprint density at radius 3 is 2.62 bits per heavy atom. The van der Waals surface area contributed by atoms with E-state index in [0.29, 0.717) is 4.57 Å². The third-order valence-corrected chi connectivity index (χ3v) is 4.74. The fraction of sp³-hybridized carbons (Fsp3) is 0.353. The molecule has 1 aliphatic heterocycles. The van der Waals surface area contributed by atoms with Crippen LogP contribution in [0.15, 0.2) is 29.2 Å². The molecule has 2 unspecified atom stereocenters. The van der Waals surface area contributed by atoms with Gasteiger partial charge in [-0.05, 0) is 18.2 Å². The van der Waals surface area contributed by atoms with Crippen molar-refractivity contribution < 1.29 is 28.2 Å². The third-order valence-electron chi connectivity index (χ3n) is 4.17. The number of rotatable bonds is 5. The van der Waals surface area contributed by atoms with E-state index in [0.717, 1.165) is 12.3 Å². The fourth-order valence-corrected chi connectivity index (χ4v) is 3.49. The van der Waals surface area contributed by atoms with Crippen molar-refractivity contribution in [3.8, 4) is 5.75 Å². The summed E-state index contributed by atoms with van der Waals surface area (Å²) in [5.74, 6) is -4.01. The summed E-state index contributed by atoms with van der Waals surface area (Å²) in [5, 5.41) is 11.6. The molecule has 1 aliphatic rings. The maximum atomic E-state index is 14.1. The van der Waals surface area contributed by atoms with E-state index in [1.165, 1.54) is 19.2 Å². The molecule has 29 heavy (non-hydrogen) atoms. The highest BCUT2D eigenvalue weighted by Crippen LogP contribution is 2.41. The smallest absolute Gasteiger partial charge is 0.351 e. The van der Waals surface area contributed by atoms with Gasteiger partial charge in [-0.15, -0.1) is 0 Å². The van der Waals surface area contributed by atoms with Crippen molar-refractivity contribution in [2.45, 2.75) is 24.7 Å². The lowest BCUT2D eigenvalue weighted by molar-refractivity contribution is -0.120. The largest absolute Gasteiger partial charge is 0.494 e. The Labute approximate surface area is 173 Å². The second kappa shape index (κ2) is 8.23. The van der Waals surface area contributed by atoms with Crippen LogP contribution in [-0.4, -0.2) is 46.3 Å². The molecule has 2 aromatic rings. The van der Waals surface area contributed by atoms with E-state index in [-0.39, 0.29) is 27.2 Å². The van der Waals surface area contributed by atoms with Crippen LogP contribution in [0.1, 0.15) is 23.0 Å². The van der Waals surface area contributed by atoms with Crippen molar-refractivity contribution in [1.29, 1.82) is 0 Å². The first-order valence-corrected chi connectivity index (χ1v) is 8.99. The lowest BCUT2D eigenvalue weighted by atomic mass is 10.2. The average molecular weight is 450 g/mol. The summed E-state index contributed by atoms with van der Waals surface area (Å²) in [7, 11) is 1.37. The van der Waals surface area contributed by atoms with E-state index in [9.17, 15) is 18.4 Å². The van der Waals surface area contributed by atoms with Gasteiger partial charge in [0, 0.05) is 18.2 Å². The summed E-state index contributed by atoms with van der Waals surface area (Å²) in [6.45, 7) is -0.602. The van der Waals surface area contributed by atoms with Gasteiger partial charge >= 0.3 is 5.69 Å². The molecule has 0 radical (unpaired) electrons. The van der Waals surface area contributed by atoms with Crippen LogP contribution >= 0.6 is 23.2 Å². The molecular formula is C17H15Cl2F2N3O5. The Kier molecular flexibility index (Phi) is 6.08. The van der Waals surface area contributed by atoms with Gasteiger partial charge < -0.3 is 19.9 Å². The molecule has 1 saturated heterocycles. The number of aromatic nitrogens is 2. The van der Waals surface area contributed by atoms with Gasteiger partial charge in [0.1, 0.15) is 5.82 Å². The highest BCUT2D eigenvalue weighted by atomic mass is 35.5. The molecule has 2 heterocycles. The molecule has 2 atom stereocenters. The van der Waals surface area contributed by atoms with Crippen molar-refractivity contribution in [3.63, 3.8) is 0 Å². The first-order chi connectivity index (χ1) is 13.7. The maximum Gasteiger partial charge on any atom is 0.351 e. The summed E-state index contributed by atoms with van der Waals surface area (Å²) >= 11 is 12.0. The van der Waals surface area contributed by atoms with Crippen LogP contribution in [0.3, 0.4) is 0 Å². The van der Waals surface area contributed by atoms with E-state index >= 15 is 0 Å². The first kappa shape index (κ1) is 21.4. The van der Waals surface area contributed by atoms with Crippen LogP contribution in [0, 0.1) is 0 Å². The summed E-state index contributed by atoms with van der Waals surface area (Å²) in [6, 6.07) is 3.79. The van der Waals surface area contributed by atoms with Gasteiger partial charge in [-0.1, -0.05) is 23.2 Å². The van der Waals surface area contributed by atoms with Crippen LogP contribution in [0.4, 0.5) is 14.6 Å². The van der Waals surface area contributed by atoms with E-state index in [4.69, 9.17) is 37.8 Å². The summed E-state index contributed by atoms with van der Waals surface area (Å²) < 4.78 is 38.7. The SMILES string of the molecule is COc1c(Cl)cc(C(=O)Nc2ccn(C3OC(CO)CC3(F)F)c(=O)n2)cc1Cl. The molecule has 1 aromatic carbocycles. The van der Waals surface area contributed by atoms with Gasteiger partial charge in [-0.3, -0.25) is 9.36 Å². The fourth-order valence-electron chi connectivity index (χ4n) is 2.85. The zero-order valence-corrected chi connectivity index (χ0v) is 16.4. The molecule has 156 valence electrons. The van der Waals surface area contributed by atoms with Crippen molar-refractivity contribution in [2.24, 2.45) is 0 Å². The Hall–Kier alpha value is -2.27. The number of aliphatic hydroxyl groups excluding tert-OH is 1. The number of ether oxygens (including phenoxy) is 2. The number of nitrogens with zero attached hydrogens (tertiary/aromatic N) is 2. The molecule has 12 heteroatoms. The number of carbonyl (C=O) groups is 1. The quantitative estimate of drug-likeness (QED) is 0.727. The van der Waals surface area contributed by atoms with Gasteiger partial charge in [-0.25, -0.2) is 13.6 Å². The Bertz CT molecular complexity index is 978.